The Balaban J connectivity index is 2.71. The number of hydrogen-bond donors (Lipinski definition) is 1. The van der Waals surface area contributed by atoms with Gasteiger partial charge in [0, 0.05) is 5.56 Å². The lowest BCUT2D eigenvalue weighted by atomic mass is 10.0. The van der Waals surface area contributed by atoms with E-state index in [0.717, 1.165) is 28.4 Å². The summed E-state index contributed by atoms with van der Waals surface area (Å²) in [6.45, 7) is 6.02. The van der Waals surface area contributed by atoms with Crippen LogP contribution in [-0.2, 0) is 0 Å². The number of aromatic nitrogens is 2. The normalized spacial score (nSPS) is 10.4. The van der Waals surface area contributed by atoms with Gasteiger partial charge in [0.25, 0.3) is 0 Å². The average Bonchev–Trinajstić information content (AvgIpc) is 2.31. The first-order chi connectivity index (χ1) is 8.52. The summed E-state index contributed by atoms with van der Waals surface area (Å²) >= 11 is 5.15. The number of methoxy groups -OCH3 is 1. The van der Waals surface area contributed by atoms with E-state index >= 15 is 0 Å². The standard InChI is InChI=1S/C14H16N2OS/c1-8-5-6-11(14(17-4)9(8)2)12-7-13(18)16-10(3)15-12/h5-7H,1-4H3,(H,15,16,18). The van der Waals surface area contributed by atoms with Gasteiger partial charge in [0.15, 0.2) is 0 Å². The molecule has 0 aliphatic carbocycles. The Morgan fingerprint density at radius 3 is 2.56 bits per heavy atom. The van der Waals surface area contributed by atoms with Gasteiger partial charge in [-0.2, -0.15) is 0 Å². The van der Waals surface area contributed by atoms with Crippen LogP contribution in [0.4, 0.5) is 0 Å². The number of hydrogen-bond acceptors (Lipinski definition) is 3. The van der Waals surface area contributed by atoms with Crippen molar-refractivity contribution in [1.29, 1.82) is 0 Å². The molecule has 0 aliphatic rings. The van der Waals surface area contributed by atoms with Gasteiger partial charge in [-0.25, -0.2) is 4.98 Å². The molecule has 18 heavy (non-hydrogen) atoms. The molecule has 2 rings (SSSR count). The first-order valence-corrected chi connectivity index (χ1v) is 6.16. The van der Waals surface area contributed by atoms with Crippen molar-refractivity contribution in [2.75, 3.05) is 7.11 Å². The largest absolute Gasteiger partial charge is 0.496 e. The molecule has 0 saturated carbocycles. The highest BCUT2D eigenvalue weighted by atomic mass is 32.1. The topological polar surface area (TPSA) is 37.9 Å². The molecule has 0 spiro atoms. The van der Waals surface area contributed by atoms with Crippen molar-refractivity contribution < 1.29 is 4.74 Å². The molecule has 0 radical (unpaired) electrons. The maximum absolute atomic E-state index is 5.52. The Morgan fingerprint density at radius 2 is 1.94 bits per heavy atom. The van der Waals surface area contributed by atoms with Crippen molar-refractivity contribution in [3.8, 4) is 17.0 Å². The van der Waals surface area contributed by atoms with Crippen molar-refractivity contribution in [3.05, 3.63) is 39.8 Å². The number of aromatic amines is 1. The molecule has 3 nitrogen and oxygen atoms in total. The van der Waals surface area contributed by atoms with Crippen LogP contribution in [0.5, 0.6) is 5.75 Å². The van der Waals surface area contributed by atoms with Crippen LogP contribution in [0.1, 0.15) is 17.0 Å². The Kier molecular flexibility index (Phi) is 3.48. The number of ether oxygens (including phenoxy) is 1. The number of rotatable bonds is 2. The Morgan fingerprint density at radius 1 is 1.22 bits per heavy atom. The van der Waals surface area contributed by atoms with Crippen LogP contribution in [0.15, 0.2) is 18.2 Å². The van der Waals surface area contributed by atoms with E-state index in [0.29, 0.717) is 4.64 Å². The molecule has 4 heteroatoms. The first-order valence-electron chi connectivity index (χ1n) is 5.75. The maximum atomic E-state index is 5.52. The Hall–Kier alpha value is -1.68. The molecule has 0 amide bonds. The molecule has 0 atom stereocenters. The molecular weight excluding hydrogens is 244 g/mol. The molecule has 94 valence electrons. The molecule has 2 aromatic rings. The molecule has 1 N–H and O–H groups in total. The van der Waals surface area contributed by atoms with E-state index in [2.05, 4.69) is 29.9 Å². The zero-order valence-electron chi connectivity index (χ0n) is 11.0. The molecule has 0 bridgehead atoms. The molecule has 0 saturated heterocycles. The van der Waals surface area contributed by atoms with E-state index in [1.807, 2.05) is 19.1 Å². The smallest absolute Gasteiger partial charge is 0.131 e. The lowest BCUT2D eigenvalue weighted by molar-refractivity contribution is 0.413. The zero-order valence-corrected chi connectivity index (χ0v) is 11.8. The number of benzene rings is 1. The van der Waals surface area contributed by atoms with Crippen LogP contribution in [0.3, 0.4) is 0 Å². The number of aryl methyl sites for hydroxylation is 2. The van der Waals surface area contributed by atoms with Gasteiger partial charge in [-0.3, -0.25) is 0 Å². The second-order valence-corrected chi connectivity index (χ2v) is 4.73. The second kappa shape index (κ2) is 4.90. The predicted molar refractivity (Wildman–Crippen MR) is 75.6 cm³/mol. The second-order valence-electron chi connectivity index (χ2n) is 4.31. The van der Waals surface area contributed by atoms with Gasteiger partial charge in [-0.15, -0.1) is 0 Å². The van der Waals surface area contributed by atoms with E-state index < -0.39 is 0 Å². The summed E-state index contributed by atoms with van der Waals surface area (Å²) < 4.78 is 6.10. The third-order valence-electron chi connectivity index (χ3n) is 3.03. The molecule has 0 aliphatic heterocycles. The van der Waals surface area contributed by atoms with Crippen LogP contribution in [-0.4, -0.2) is 17.1 Å². The minimum atomic E-state index is 0.585. The highest BCUT2D eigenvalue weighted by Crippen LogP contribution is 2.33. The number of nitrogens with one attached hydrogen (secondary N) is 1. The maximum Gasteiger partial charge on any atom is 0.131 e. The molecule has 1 heterocycles. The van der Waals surface area contributed by atoms with Crippen LogP contribution in [0.25, 0.3) is 11.3 Å². The van der Waals surface area contributed by atoms with Crippen molar-refractivity contribution in [2.45, 2.75) is 20.8 Å². The zero-order chi connectivity index (χ0) is 13.3. The van der Waals surface area contributed by atoms with E-state index in [1.165, 1.54) is 5.56 Å². The monoisotopic (exact) mass is 260 g/mol. The van der Waals surface area contributed by atoms with E-state index in [-0.39, 0.29) is 0 Å². The molecule has 1 aromatic heterocycles. The summed E-state index contributed by atoms with van der Waals surface area (Å²) in [7, 11) is 1.69. The lowest BCUT2D eigenvalue weighted by Gasteiger charge is -2.13. The summed E-state index contributed by atoms with van der Waals surface area (Å²) in [4.78, 5) is 7.40. The van der Waals surface area contributed by atoms with Crippen molar-refractivity contribution in [3.63, 3.8) is 0 Å². The Labute approximate surface area is 112 Å². The van der Waals surface area contributed by atoms with Crippen LogP contribution >= 0.6 is 12.2 Å². The van der Waals surface area contributed by atoms with E-state index in [4.69, 9.17) is 17.0 Å². The highest BCUT2D eigenvalue weighted by molar-refractivity contribution is 7.71. The van der Waals surface area contributed by atoms with Gasteiger partial charge in [0.1, 0.15) is 16.2 Å². The highest BCUT2D eigenvalue weighted by Gasteiger charge is 2.11. The number of nitrogens with zero attached hydrogens (tertiary/aromatic N) is 1. The van der Waals surface area contributed by atoms with Crippen LogP contribution in [0.2, 0.25) is 0 Å². The first kappa shape index (κ1) is 12.8. The Bertz CT molecular complexity index is 647. The fourth-order valence-electron chi connectivity index (χ4n) is 1.99. The minimum Gasteiger partial charge on any atom is -0.496 e. The van der Waals surface area contributed by atoms with Gasteiger partial charge >= 0.3 is 0 Å². The van der Waals surface area contributed by atoms with Gasteiger partial charge in [-0.05, 0) is 44.0 Å². The molecule has 0 unspecified atom stereocenters. The summed E-state index contributed by atoms with van der Waals surface area (Å²) in [5.41, 5.74) is 4.30. The van der Waals surface area contributed by atoms with Crippen LogP contribution < -0.4 is 4.74 Å². The van der Waals surface area contributed by atoms with Gasteiger partial charge in [-0.1, -0.05) is 18.3 Å². The van der Waals surface area contributed by atoms with E-state index in [9.17, 15) is 0 Å². The molecule has 0 fully saturated rings. The lowest BCUT2D eigenvalue weighted by Crippen LogP contribution is -1.97. The minimum absolute atomic E-state index is 0.585. The summed E-state index contributed by atoms with van der Waals surface area (Å²) in [5, 5.41) is 0. The van der Waals surface area contributed by atoms with Crippen molar-refractivity contribution >= 4 is 12.2 Å². The third kappa shape index (κ3) is 2.29. The van der Waals surface area contributed by atoms with Crippen molar-refractivity contribution in [1.82, 2.24) is 9.97 Å². The molecular formula is C14H16N2OS. The third-order valence-corrected chi connectivity index (χ3v) is 3.24. The fraction of sp³-hybridized carbons (Fsp3) is 0.286. The number of H-pyrrole nitrogens is 1. The van der Waals surface area contributed by atoms with Crippen LogP contribution in [0, 0.1) is 25.4 Å². The van der Waals surface area contributed by atoms with E-state index in [1.54, 1.807) is 7.11 Å². The predicted octanol–water partition coefficient (Wildman–Crippen LogP) is 3.74. The quantitative estimate of drug-likeness (QED) is 0.836. The molecule has 1 aromatic carbocycles. The summed E-state index contributed by atoms with van der Waals surface area (Å²) in [5.74, 6) is 1.68. The summed E-state index contributed by atoms with van der Waals surface area (Å²) in [6, 6.07) is 5.98. The van der Waals surface area contributed by atoms with Gasteiger partial charge in [0.2, 0.25) is 0 Å². The van der Waals surface area contributed by atoms with Gasteiger partial charge < -0.3 is 9.72 Å². The summed E-state index contributed by atoms with van der Waals surface area (Å²) in [6.07, 6.45) is 0. The SMILES string of the molecule is COc1c(-c2cc(=S)nc(C)[nH]2)ccc(C)c1C. The fourth-order valence-corrected chi connectivity index (χ4v) is 2.25. The average molecular weight is 260 g/mol. The van der Waals surface area contributed by atoms with Crippen molar-refractivity contribution in [2.24, 2.45) is 0 Å². The van der Waals surface area contributed by atoms with Gasteiger partial charge in [0.05, 0.1) is 12.8 Å².